The third kappa shape index (κ3) is 1.47. The number of nitriles is 3. The first-order chi connectivity index (χ1) is 6.22. The lowest BCUT2D eigenvalue weighted by Gasteiger charge is -1.98. The van der Waals surface area contributed by atoms with Crippen LogP contribution in [-0.2, 0) is 4.79 Å². The molecule has 5 nitrogen and oxygen atoms in total. The average molecular weight is 172 g/mol. The molecule has 0 aliphatic carbocycles. The topological polar surface area (TPSA) is 100 Å². The van der Waals surface area contributed by atoms with Crippen molar-refractivity contribution in [1.29, 1.82) is 15.8 Å². The second kappa shape index (κ2) is 3.38. The molecule has 1 N–H and O–H groups in total. The molecular formula is C8H4N4O. The number of allylic oxidation sites excluding steroid dienone is 2. The van der Waals surface area contributed by atoms with Crippen LogP contribution in [0.25, 0.3) is 0 Å². The summed E-state index contributed by atoms with van der Waals surface area (Å²) in [6.45, 7) is 0. The molecule has 0 bridgehead atoms. The highest BCUT2D eigenvalue weighted by Crippen LogP contribution is 2.21. The van der Waals surface area contributed by atoms with Crippen LogP contribution in [0.2, 0.25) is 0 Å². The van der Waals surface area contributed by atoms with E-state index in [1.165, 1.54) is 0 Å². The van der Waals surface area contributed by atoms with Gasteiger partial charge in [-0.3, -0.25) is 4.79 Å². The molecule has 1 aliphatic heterocycles. The van der Waals surface area contributed by atoms with E-state index < -0.39 is 5.92 Å². The van der Waals surface area contributed by atoms with Crippen LogP contribution < -0.4 is 5.32 Å². The van der Waals surface area contributed by atoms with Crippen molar-refractivity contribution >= 4 is 5.91 Å². The molecule has 1 fully saturated rings. The zero-order valence-electron chi connectivity index (χ0n) is 6.53. The van der Waals surface area contributed by atoms with Crippen molar-refractivity contribution < 1.29 is 4.79 Å². The van der Waals surface area contributed by atoms with E-state index in [0.29, 0.717) is 0 Å². The van der Waals surface area contributed by atoms with Gasteiger partial charge in [0.15, 0.2) is 0 Å². The fraction of sp³-hybridized carbons (Fsp3) is 0.250. The minimum Gasteiger partial charge on any atom is -0.327 e. The molecule has 1 unspecified atom stereocenters. The van der Waals surface area contributed by atoms with Crippen molar-refractivity contribution in [2.45, 2.75) is 6.42 Å². The van der Waals surface area contributed by atoms with E-state index in [1.54, 1.807) is 12.1 Å². The van der Waals surface area contributed by atoms with Crippen molar-refractivity contribution in [1.82, 2.24) is 5.32 Å². The molecule has 0 aromatic rings. The van der Waals surface area contributed by atoms with Gasteiger partial charge in [0.25, 0.3) is 0 Å². The number of nitrogens with one attached hydrogen (secondary N) is 1. The van der Waals surface area contributed by atoms with Crippen molar-refractivity contribution in [2.75, 3.05) is 0 Å². The highest BCUT2D eigenvalue weighted by molar-refractivity contribution is 5.83. The standard InChI is InChI=1S/C8H4N4O/c9-2-5-1-7(13)12-8(5)6(3-10)4-11/h5H,1H2,(H,12,13). The van der Waals surface area contributed by atoms with Gasteiger partial charge in [-0.25, -0.2) is 0 Å². The maximum Gasteiger partial charge on any atom is 0.225 e. The first kappa shape index (κ1) is 8.77. The number of amides is 1. The lowest BCUT2D eigenvalue weighted by atomic mass is 10.0. The van der Waals surface area contributed by atoms with Crippen LogP contribution >= 0.6 is 0 Å². The lowest BCUT2D eigenvalue weighted by Crippen LogP contribution is -2.14. The van der Waals surface area contributed by atoms with Crippen molar-refractivity contribution in [3.8, 4) is 18.2 Å². The van der Waals surface area contributed by atoms with Crippen molar-refractivity contribution in [3.63, 3.8) is 0 Å². The molecule has 1 amide bonds. The largest absolute Gasteiger partial charge is 0.327 e. The maximum absolute atomic E-state index is 10.8. The average Bonchev–Trinajstić information content (AvgIpc) is 2.49. The first-order valence-corrected chi connectivity index (χ1v) is 3.46. The SMILES string of the molecule is N#CC(C#N)=C1NC(=O)CC1C#N. The summed E-state index contributed by atoms with van der Waals surface area (Å²) in [6.07, 6.45) is 0.0265. The number of carbonyl (C=O) groups excluding carboxylic acids is 1. The summed E-state index contributed by atoms with van der Waals surface area (Å²) in [7, 11) is 0. The summed E-state index contributed by atoms with van der Waals surface area (Å²) in [5.74, 6) is -1.01. The van der Waals surface area contributed by atoms with E-state index >= 15 is 0 Å². The monoisotopic (exact) mass is 172 g/mol. The fourth-order valence-electron chi connectivity index (χ4n) is 1.07. The zero-order chi connectivity index (χ0) is 9.84. The van der Waals surface area contributed by atoms with E-state index in [0.717, 1.165) is 0 Å². The van der Waals surface area contributed by atoms with Gasteiger partial charge in [0.1, 0.15) is 17.7 Å². The number of rotatable bonds is 0. The Balaban J connectivity index is 3.15. The third-order valence-corrected chi connectivity index (χ3v) is 1.66. The van der Waals surface area contributed by atoms with E-state index in [-0.39, 0.29) is 23.6 Å². The minimum atomic E-state index is -0.679. The molecule has 0 saturated carbocycles. The van der Waals surface area contributed by atoms with Gasteiger partial charge < -0.3 is 5.32 Å². The molecule has 1 heterocycles. The zero-order valence-corrected chi connectivity index (χ0v) is 6.53. The predicted molar refractivity (Wildman–Crippen MR) is 40.1 cm³/mol. The predicted octanol–water partition coefficient (Wildman–Crippen LogP) is -0.0527. The summed E-state index contributed by atoms with van der Waals surface area (Å²) in [4.78, 5) is 10.8. The molecule has 1 atom stereocenters. The van der Waals surface area contributed by atoms with E-state index in [4.69, 9.17) is 15.8 Å². The minimum absolute atomic E-state index is 0.0265. The van der Waals surface area contributed by atoms with Crippen LogP contribution in [-0.4, -0.2) is 5.91 Å². The quantitative estimate of drug-likeness (QED) is 0.517. The third-order valence-electron chi connectivity index (χ3n) is 1.66. The first-order valence-electron chi connectivity index (χ1n) is 3.46. The Hall–Kier alpha value is -2.32. The second-order valence-electron chi connectivity index (χ2n) is 2.45. The van der Waals surface area contributed by atoms with Crippen LogP contribution in [0, 0.1) is 39.9 Å². The van der Waals surface area contributed by atoms with Crippen LogP contribution in [0.5, 0.6) is 0 Å². The number of hydrogen-bond acceptors (Lipinski definition) is 4. The van der Waals surface area contributed by atoms with Crippen LogP contribution in [0.1, 0.15) is 6.42 Å². The normalized spacial score (nSPS) is 19.6. The molecule has 0 aromatic heterocycles. The fourth-order valence-corrected chi connectivity index (χ4v) is 1.07. The molecule has 0 radical (unpaired) electrons. The second-order valence-corrected chi connectivity index (χ2v) is 2.45. The Labute approximate surface area is 74.5 Å². The number of hydrogen-bond donors (Lipinski definition) is 1. The van der Waals surface area contributed by atoms with Gasteiger partial charge in [-0.05, 0) is 0 Å². The summed E-state index contributed by atoms with van der Waals surface area (Å²) >= 11 is 0. The summed E-state index contributed by atoms with van der Waals surface area (Å²) < 4.78 is 0. The molecule has 1 saturated heterocycles. The van der Waals surface area contributed by atoms with Crippen LogP contribution in [0.4, 0.5) is 0 Å². The Morgan fingerprint density at radius 3 is 2.46 bits per heavy atom. The summed E-state index contributed by atoms with van der Waals surface area (Å²) in [5.41, 5.74) is -0.0603. The molecule has 0 aromatic carbocycles. The van der Waals surface area contributed by atoms with Gasteiger partial charge in [0.2, 0.25) is 5.91 Å². The van der Waals surface area contributed by atoms with E-state index in [2.05, 4.69) is 5.32 Å². The van der Waals surface area contributed by atoms with E-state index in [9.17, 15) is 4.79 Å². The smallest absolute Gasteiger partial charge is 0.225 e. The Morgan fingerprint density at radius 1 is 1.38 bits per heavy atom. The highest BCUT2D eigenvalue weighted by Gasteiger charge is 2.29. The molecule has 1 rings (SSSR count). The highest BCUT2D eigenvalue weighted by atomic mass is 16.1. The Morgan fingerprint density at radius 2 is 2.00 bits per heavy atom. The Bertz CT molecular complexity index is 385. The van der Waals surface area contributed by atoms with Crippen molar-refractivity contribution in [2.24, 2.45) is 5.92 Å². The number of nitrogens with zero attached hydrogens (tertiary/aromatic N) is 3. The summed E-state index contributed by atoms with van der Waals surface area (Å²) in [5, 5.41) is 27.9. The van der Waals surface area contributed by atoms with Crippen LogP contribution in [0.15, 0.2) is 11.3 Å². The van der Waals surface area contributed by atoms with Gasteiger partial charge in [0.05, 0.1) is 17.7 Å². The van der Waals surface area contributed by atoms with E-state index in [1.807, 2.05) is 6.07 Å². The van der Waals surface area contributed by atoms with Gasteiger partial charge in [-0.15, -0.1) is 0 Å². The molecular weight excluding hydrogens is 168 g/mol. The molecule has 1 aliphatic rings. The van der Waals surface area contributed by atoms with Gasteiger partial charge in [-0.2, -0.15) is 15.8 Å². The van der Waals surface area contributed by atoms with Gasteiger partial charge in [-0.1, -0.05) is 0 Å². The molecule has 62 valence electrons. The molecule has 0 spiro atoms. The molecule has 5 heteroatoms. The van der Waals surface area contributed by atoms with Crippen molar-refractivity contribution in [3.05, 3.63) is 11.3 Å². The lowest BCUT2D eigenvalue weighted by molar-refractivity contribution is -0.119. The maximum atomic E-state index is 10.8. The van der Waals surface area contributed by atoms with Gasteiger partial charge >= 0.3 is 0 Å². The number of carbonyl (C=O) groups is 1. The molecule has 13 heavy (non-hydrogen) atoms. The van der Waals surface area contributed by atoms with Gasteiger partial charge in [0, 0.05) is 6.42 Å². The van der Waals surface area contributed by atoms with Crippen LogP contribution in [0.3, 0.4) is 0 Å². The summed E-state index contributed by atoms with van der Waals surface area (Å²) in [6, 6.07) is 5.11. The Kier molecular flexibility index (Phi) is 2.28.